The molecule has 0 aliphatic carbocycles. The summed E-state index contributed by atoms with van der Waals surface area (Å²) in [6.07, 6.45) is -0.579. The molecule has 1 heterocycles. The molecule has 0 saturated carbocycles. The molecule has 0 saturated heterocycles. The molecule has 152 valence electrons. The van der Waals surface area contributed by atoms with Crippen LogP contribution in [-0.4, -0.2) is 44.6 Å². The zero-order valence-electron chi connectivity index (χ0n) is 16.9. The first-order chi connectivity index (χ1) is 14.0. The van der Waals surface area contributed by atoms with E-state index in [2.05, 4.69) is 0 Å². The standard InChI is InChI=1S/C22H23NO6/c1-5-29-20(24)12-16-15-11-18(26-2)19(27-3)13-17(15)23(22(25)28-4)21(16)14-9-7-6-8-10-14/h6-11,13H,5,12H2,1-4H3. The lowest BCUT2D eigenvalue weighted by molar-refractivity contribution is -0.142. The van der Waals surface area contributed by atoms with Gasteiger partial charge in [0.1, 0.15) is 0 Å². The largest absolute Gasteiger partial charge is 0.493 e. The lowest BCUT2D eigenvalue weighted by Gasteiger charge is -2.11. The third-order valence-corrected chi connectivity index (χ3v) is 4.61. The van der Waals surface area contributed by atoms with Crippen LogP contribution in [-0.2, 0) is 20.7 Å². The van der Waals surface area contributed by atoms with Gasteiger partial charge in [0.15, 0.2) is 11.5 Å². The SMILES string of the molecule is CCOC(=O)Cc1c(-c2ccccc2)n(C(=O)OC)c2cc(OC)c(OC)cc12. The summed E-state index contributed by atoms with van der Waals surface area (Å²) in [5.41, 5.74) is 2.53. The summed E-state index contributed by atoms with van der Waals surface area (Å²) in [6, 6.07) is 12.8. The second kappa shape index (κ2) is 8.68. The first-order valence-electron chi connectivity index (χ1n) is 9.14. The number of carbonyl (C=O) groups is 2. The highest BCUT2D eigenvalue weighted by Gasteiger charge is 2.26. The molecule has 0 atom stereocenters. The fourth-order valence-electron chi connectivity index (χ4n) is 3.39. The number of nitrogens with zero attached hydrogens (tertiary/aromatic N) is 1. The van der Waals surface area contributed by atoms with Gasteiger partial charge >= 0.3 is 12.1 Å². The van der Waals surface area contributed by atoms with Gasteiger partial charge in [-0.15, -0.1) is 0 Å². The molecular formula is C22H23NO6. The van der Waals surface area contributed by atoms with Gasteiger partial charge in [-0.05, 0) is 24.1 Å². The van der Waals surface area contributed by atoms with Gasteiger partial charge in [0.05, 0.1) is 45.6 Å². The average Bonchev–Trinajstić information content (AvgIpc) is 3.05. The molecule has 29 heavy (non-hydrogen) atoms. The second-order valence-corrected chi connectivity index (χ2v) is 6.20. The molecule has 0 aliphatic heterocycles. The lowest BCUT2D eigenvalue weighted by Crippen LogP contribution is -2.14. The van der Waals surface area contributed by atoms with E-state index in [0.29, 0.717) is 33.7 Å². The third kappa shape index (κ3) is 3.76. The number of methoxy groups -OCH3 is 3. The van der Waals surface area contributed by atoms with E-state index in [4.69, 9.17) is 18.9 Å². The summed E-state index contributed by atoms with van der Waals surface area (Å²) in [6.45, 7) is 2.02. The van der Waals surface area contributed by atoms with E-state index in [1.54, 1.807) is 19.1 Å². The highest BCUT2D eigenvalue weighted by molar-refractivity contribution is 6.02. The Bertz CT molecular complexity index is 1040. The molecule has 0 spiro atoms. The average molecular weight is 397 g/mol. The molecule has 0 aliphatic rings. The van der Waals surface area contributed by atoms with Crippen molar-refractivity contribution in [3.8, 4) is 22.8 Å². The monoisotopic (exact) mass is 397 g/mol. The quantitative estimate of drug-likeness (QED) is 0.584. The van der Waals surface area contributed by atoms with Crippen LogP contribution in [0.4, 0.5) is 4.79 Å². The van der Waals surface area contributed by atoms with Crippen LogP contribution in [0.3, 0.4) is 0 Å². The van der Waals surface area contributed by atoms with Crippen molar-refractivity contribution >= 4 is 23.0 Å². The van der Waals surface area contributed by atoms with Crippen molar-refractivity contribution < 1.29 is 28.5 Å². The summed E-state index contributed by atoms with van der Waals surface area (Å²) in [7, 11) is 4.37. The first-order valence-corrected chi connectivity index (χ1v) is 9.14. The Morgan fingerprint density at radius 3 is 2.21 bits per heavy atom. The fraction of sp³-hybridized carbons (Fsp3) is 0.273. The third-order valence-electron chi connectivity index (χ3n) is 4.61. The highest BCUT2D eigenvalue weighted by Crippen LogP contribution is 2.40. The molecule has 0 amide bonds. The normalized spacial score (nSPS) is 10.6. The van der Waals surface area contributed by atoms with Gasteiger partial charge in [-0.1, -0.05) is 30.3 Å². The lowest BCUT2D eigenvalue weighted by atomic mass is 10.0. The number of benzene rings is 2. The molecule has 3 aromatic rings. The van der Waals surface area contributed by atoms with Gasteiger partial charge in [0, 0.05) is 11.5 Å². The van der Waals surface area contributed by atoms with Crippen LogP contribution >= 0.6 is 0 Å². The Hall–Kier alpha value is -3.48. The van der Waals surface area contributed by atoms with Crippen molar-refractivity contribution in [3.05, 3.63) is 48.0 Å². The van der Waals surface area contributed by atoms with Crippen molar-refractivity contribution in [2.24, 2.45) is 0 Å². The van der Waals surface area contributed by atoms with Crippen molar-refractivity contribution in [2.45, 2.75) is 13.3 Å². The van der Waals surface area contributed by atoms with Gasteiger partial charge in [0.25, 0.3) is 0 Å². The van der Waals surface area contributed by atoms with E-state index in [-0.39, 0.29) is 19.0 Å². The Kier molecular flexibility index (Phi) is 6.07. The van der Waals surface area contributed by atoms with Crippen LogP contribution in [0.1, 0.15) is 12.5 Å². The highest BCUT2D eigenvalue weighted by atomic mass is 16.5. The zero-order valence-corrected chi connectivity index (χ0v) is 16.9. The predicted molar refractivity (Wildman–Crippen MR) is 109 cm³/mol. The van der Waals surface area contributed by atoms with E-state index in [9.17, 15) is 9.59 Å². The number of hydrogen-bond acceptors (Lipinski definition) is 6. The molecule has 3 rings (SSSR count). The van der Waals surface area contributed by atoms with Gasteiger partial charge in [-0.3, -0.25) is 4.79 Å². The second-order valence-electron chi connectivity index (χ2n) is 6.20. The summed E-state index contributed by atoms with van der Waals surface area (Å²) in [4.78, 5) is 25.1. The maximum absolute atomic E-state index is 12.8. The van der Waals surface area contributed by atoms with Crippen molar-refractivity contribution in [1.29, 1.82) is 0 Å². The number of rotatable bonds is 6. The predicted octanol–water partition coefficient (Wildman–Crippen LogP) is 4.05. The molecule has 7 nitrogen and oxygen atoms in total. The van der Waals surface area contributed by atoms with Crippen molar-refractivity contribution in [2.75, 3.05) is 27.9 Å². The number of hydrogen-bond donors (Lipinski definition) is 0. The van der Waals surface area contributed by atoms with Crippen molar-refractivity contribution in [1.82, 2.24) is 4.57 Å². The minimum atomic E-state index is -0.573. The molecule has 0 bridgehead atoms. The van der Waals surface area contributed by atoms with Crippen molar-refractivity contribution in [3.63, 3.8) is 0 Å². The first kappa shape index (κ1) is 20.3. The minimum Gasteiger partial charge on any atom is -0.493 e. The fourth-order valence-corrected chi connectivity index (χ4v) is 3.39. The molecule has 0 fully saturated rings. The molecular weight excluding hydrogens is 374 g/mol. The van der Waals surface area contributed by atoms with Crippen LogP contribution in [0.25, 0.3) is 22.2 Å². The number of aromatic nitrogens is 1. The topological polar surface area (TPSA) is 76.0 Å². The molecule has 1 aromatic heterocycles. The molecule has 0 N–H and O–H groups in total. The van der Waals surface area contributed by atoms with Gasteiger partial charge in [-0.25, -0.2) is 9.36 Å². The molecule has 0 radical (unpaired) electrons. The minimum absolute atomic E-state index is 0.00591. The molecule has 2 aromatic carbocycles. The smallest absolute Gasteiger partial charge is 0.418 e. The van der Waals surface area contributed by atoms with Crippen LogP contribution in [0.5, 0.6) is 11.5 Å². The van der Waals surface area contributed by atoms with E-state index in [0.717, 1.165) is 5.56 Å². The summed E-state index contributed by atoms with van der Waals surface area (Å²) in [5.74, 6) is 0.570. The summed E-state index contributed by atoms with van der Waals surface area (Å²) < 4.78 is 22.5. The Balaban J connectivity index is 2.41. The van der Waals surface area contributed by atoms with Gasteiger partial charge in [-0.2, -0.15) is 0 Å². The van der Waals surface area contributed by atoms with E-state index >= 15 is 0 Å². The molecule has 7 heteroatoms. The number of esters is 1. The maximum Gasteiger partial charge on any atom is 0.418 e. The Morgan fingerprint density at radius 2 is 1.62 bits per heavy atom. The Labute approximate surface area is 168 Å². The van der Waals surface area contributed by atoms with Crippen LogP contribution in [0.15, 0.2) is 42.5 Å². The zero-order chi connectivity index (χ0) is 21.0. The van der Waals surface area contributed by atoms with E-state index in [1.165, 1.54) is 25.9 Å². The summed E-state index contributed by atoms with van der Waals surface area (Å²) in [5, 5.41) is 0.681. The maximum atomic E-state index is 12.8. The number of ether oxygens (including phenoxy) is 4. The van der Waals surface area contributed by atoms with Crippen LogP contribution < -0.4 is 9.47 Å². The Morgan fingerprint density at radius 1 is 0.966 bits per heavy atom. The summed E-state index contributed by atoms with van der Waals surface area (Å²) >= 11 is 0. The van der Waals surface area contributed by atoms with Gasteiger partial charge < -0.3 is 18.9 Å². The molecule has 0 unspecified atom stereocenters. The number of carbonyl (C=O) groups excluding carboxylic acids is 2. The van der Waals surface area contributed by atoms with Crippen LogP contribution in [0.2, 0.25) is 0 Å². The van der Waals surface area contributed by atoms with Gasteiger partial charge in [0.2, 0.25) is 0 Å². The van der Waals surface area contributed by atoms with E-state index < -0.39 is 6.09 Å². The van der Waals surface area contributed by atoms with E-state index in [1.807, 2.05) is 30.3 Å². The van der Waals surface area contributed by atoms with Crippen LogP contribution in [0, 0.1) is 0 Å². The number of fused-ring (bicyclic) bond motifs is 1.